The van der Waals surface area contributed by atoms with Gasteiger partial charge >= 0.3 is 0 Å². The highest BCUT2D eigenvalue weighted by atomic mass is 16.5. The molecule has 1 atom stereocenters. The summed E-state index contributed by atoms with van der Waals surface area (Å²) in [5, 5.41) is 7.28. The van der Waals surface area contributed by atoms with E-state index in [0.29, 0.717) is 0 Å². The molecule has 13 heavy (non-hydrogen) atoms. The molecular weight excluding hydrogens is 166 g/mol. The third-order valence-electron chi connectivity index (χ3n) is 2.78. The van der Waals surface area contributed by atoms with E-state index in [-0.39, 0.29) is 5.54 Å². The molecule has 0 aliphatic carbocycles. The van der Waals surface area contributed by atoms with Gasteiger partial charge in [-0.2, -0.15) is 4.98 Å². The number of aromatic nitrogens is 2. The molecule has 1 aliphatic heterocycles. The van der Waals surface area contributed by atoms with Gasteiger partial charge in [-0.05, 0) is 32.7 Å². The summed E-state index contributed by atoms with van der Waals surface area (Å²) in [5.74, 6) is 1.47. The summed E-state index contributed by atoms with van der Waals surface area (Å²) in [6, 6.07) is 0. The average molecular weight is 181 g/mol. The van der Waals surface area contributed by atoms with Crippen molar-refractivity contribution in [2.75, 3.05) is 6.54 Å². The Morgan fingerprint density at radius 2 is 2.46 bits per heavy atom. The smallest absolute Gasteiger partial charge is 0.246 e. The zero-order valence-electron chi connectivity index (χ0n) is 8.13. The number of aryl methyl sites for hydroxylation is 1. The molecule has 4 heteroatoms. The Bertz CT molecular complexity index is 289. The van der Waals surface area contributed by atoms with Gasteiger partial charge in [0.2, 0.25) is 5.89 Å². The first-order valence-electron chi connectivity index (χ1n) is 4.83. The molecule has 0 radical (unpaired) electrons. The number of hydrogen-bond acceptors (Lipinski definition) is 4. The second kappa shape index (κ2) is 3.10. The van der Waals surface area contributed by atoms with Crippen molar-refractivity contribution < 1.29 is 4.52 Å². The Labute approximate surface area is 77.7 Å². The fourth-order valence-electron chi connectivity index (χ4n) is 1.93. The molecule has 0 bridgehead atoms. The minimum absolute atomic E-state index is 0.0404. The highest BCUT2D eigenvalue weighted by Gasteiger charge is 2.38. The monoisotopic (exact) mass is 181 g/mol. The summed E-state index contributed by atoms with van der Waals surface area (Å²) in [6.45, 7) is 5.05. The zero-order valence-corrected chi connectivity index (χ0v) is 8.13. The second-order valence-corrected chi connectivity index (χ2v) is 3.61. The maximum absolute atomic E-state index is 5.22. The van der Waals surface area contributed by atoms with Gasteiger partial charge in [-0.3, -0.25) is 0 Å². The van der Waals surface area contributed by atoms with Gasteiger partial charge in [-0.25, -0.2) is 0 Å². The van der Waals surface area contributed by atoms with Gasteiger partial charge in [-0.15, -0.1) is 0 Å². The summed E-state index contributed by atoms with van der Waals surface area (Å²) in [6.07, 6.45) is 3.30. The van der Waals surface area contributed by atoms with Crippen molar-refractivity contribution in [2.45, 2.75) is 38.6 Å². The maximum atomic E-state index is 5.22. The Balaban J connectivity index is 2.30. The third kappa shape index (κ3) is 1.35. The first-order valence-corrected chi connectivity index (χ1v) is 4.83. The lowest BCUT2D eigenvalue weighted by Crippen LogP contribution is -2.36. The summed E-state index contributed by atoms with van der Waals surface area (Å²) in [7, 11) is 0. The van der Waals surface area contributed by atoms with Crippen molar-refractivity contribution >= 4 is 0 Å². The molecule has 72 valence electrons. The number of nitrogens with zero attached hydrogens (tertiary/aromatic N) is 2. The van der Waals surface area contributed by atoms with Gasteiger partial charge in [0.25, 0.3) is 0 Å². The first-order chi connectivity index (χ1) is 6.27. The summed E-state index contributed by atoms with van der Waals surface area (Å²) >= 11 is 0. The first kappa shape index (κ1) is 8.69. The molecule has 1 aliphatic rings. The molecule has 1 saturated heterocycles. The van der Waals surface area contributed by atoms with Crippen LogP contribution in [0.15, 0.2) is 4.52 Å². The molecular formula is C9H15N3O. The molecule has 1 aromatic heterocycles. The number of hydrogen-bond donors (Lipinski definition) is 1. The van der Waals surface area contributed by atoms with Crippen LogP contribution >= 0.6 is 0 Å². The zero-order chi connectivity index (χ0) is 9.31. The number of rotatable bonds is 2. The fourth-order valence-corrected chi connectivity index (χ4v) is 1.93. The standard InChI is InChI=1S/C9H15N3O/c1-3-9(5-4-6-10-9)8-11-7(2)12-13-8/h10H,3-6H2,1-2H3. The van der Waals surface area contributed by atoms with Gasteiger partial charge in [0, 0.05) is 0 Å². The lowest BCUT2D eigenvalue weighted by Gasteiger charge is -2.22. The third-order valence-corrected chi connectivity index (χ3v) is 2.78. The van der Waals surface area contributed by atoms with Gasteiger partial charge < -0.3 is 9.84 Å². The van der Waals surface area contributed by atoms with Crippen LogP contribution in [-0.2, 0) is 5.54 Å². The number of nitrogens with one attached hydrogen (secondary N) is 1. The quantitative estimate of drug-likeness (QED) is 0.748. The van der Waals surface area contributed by atoms with Gasteiger partial charge in [0.1, 0.15) is 0 Å². The van der Waals surface area contributed by atoms with E-state index in [1.54, 1.807) is 0 Å². The van der Waals surface area contributed by atoms with Crippen molar-refractivity contribution in [3.8, 4) is 0 Å². The van der Waals surface area contributed by atoms with Crippen LogP contribution in [0.1, 0.15) is 37.9 Å². The molecule has 2 heterocycles. The van der Waals surface area contributed by atoms with Crippen LogP contribution in [0.3, 0.4) is 0 Å². The molecule has 1 unspecified atom stereocenters. The van der Waals surface area contributed by atoms with Crippen molar-refractivity contribution in [1.82, 2.24) is 15.5 Å². The molecule has 1 aromatic rings. The average Bonchev–Trinajstić information content (AvgIpc) is 2.73. The molecule has 0 amide bonds. The fraction of sp³-hybridized carbons (Fsp3) is 0.778. The van der Waals surface area contributed by atoms with Crippen LogP contribution in [0.2, 0.25) is 0 Å². The van der Waals surface area contributed by atoms with Crippen LogP contribution < -0.4 is 5.32 Å². The van der Waals surface area contributed by atoms with E-state index >= 15 is 0 Å². The normalized spacial score (nSPS) is 28.2. The highest BCUT2D eigenvalue weighted by molar-refractivity contribution is 5.05. The lowest BCUT2D eigenvalue weighted by molar-refractivity contribution is 0.249. The van der Waals surface area contributed by atoms with E-state index in [2.05, 4.69) is 22.4 Å². The molecule has 0 saturated carbocycles. The Hall–Kier alpha value is -0.900. The van der Waals surface area contributed by atoms with Crippen LogP contribution in [0.5, 0.6) is 0 Å². The molecule has 0 aromatic carbocycles. The van der Waals surface area contributed by atoms with E-state index in [0.717, 1.165) is 31.1 Å². The molecule has 1 N–H and O–H groups in total. The summed E-state index contributed by atoms with van der Waals surface area (Å²) in [5.41, 5.74) is -0.0404. The van der Waals surface area contributed by atoms with Crippen LogP contribution in [0, 0.1) is 6.92 Å². The minimum Gasteiger partial charge on any atom is -0.337 e. The van der Waals surface area contributed by atoms with Crippen molar-refractivity contribution in [2.24, 2.45) is 0 Å². The SMILES string of the molecule is CCC1(c2nc(C)no2)CCCN1. The molecule has 0 spiro atoms. The van der Waals surface area contributed by atoms with E-state index in [9.17, 15) is 0 Å². The van der Waals surface area contributed by atoms with Crippen LogP contribution in [0.4, 0.5) is 0 Å². The topological polar surface area (TPSA) is 51.0 Å². The van der Waals surface area contributed by atoms with Gasteiger partial charge in [0.05, 0.1) is 5.54 Å². The second-order valence-electron chi connectivity index (χ2n) is 3.61. The summed E-state index contributed by atoms with van der Waals surface area (Å²) in [4.78, 5) is 4.30. The highest BCUT2D eigenvalue weighted by Crippen LogP contribution is 2.32. The van der Waals surface area contributed by atoms with Crippen molar-refractivity contribution in [3.05, 3.63) is 11.7 Å². The Morgan fingerprint density at radius 3 is 2.92 bits per heavy atom. The lowest BCUT2D eigenvalue weighted by atomic mass is 9.94. The summed E-state index contributed by atoms with van der Waals surface area (Å²) < 4.78 is 5.22. The largest absolute Gasteiger partial charge is 0.337 e. The van der Waals surface area contributed by atoms with Crippen molar-refractivity contribution in [3.63, 3.8) is 0 Å². The Morgan fingerprint density at radius 1 is 1.62 bits per heavy atom. The minimum atomic E-state index is -0.0404. The Kier molecular flexibility index (Phi) is 2.07. The van der Waals surface area contributed by atoms with Crippen molar-refractivity contribution in [1.29, 1.82) is 0 Å². The molecule has 1 fully saturated rings. The predicted octanol–water partition coefficient (Wildman–Crippen LogP) is 1.37. The van der Waals surface area contributed by atoms with Gasteiger partial charge in [0.15, 0.2) is 5.82 Å². The van der Waals surface area contributed by atoms with Crippen LogP contribution in [-0.4, -0.2) is 16.7 Å². The van der Waals surface area contributed by atoms with E-state index in [4.69, 9.17) is 4.52 Å². The predicted molar refractivity (Wildman–Crippen MR) is 48.2 cm³/mol. The molecule has 2 rings (SSSR count). The maximum Gasteiger partial charge on any atom is 0.246 e. The molecule has 4 nitrogen and oxygen atoms in total. The van der Waals surface area contributed by atoms with Crippen LogP contribution in [0.25, 0.3) is 0 Å². The van der Waals surface area contributed by atoms with E-state index in [1.807, 2.05) is 6.92 Å². The van der Waals surface area contributed by atoms with Gasteiger partial charge in [-0.1, -0.05) is 12.1 Å². The van der Waals surface area contributed by atoms with E-state index in [1.165, 1.54) is 6.42 Å². The van der Waals surface area contributed by atoms with E-state index < -0.39 is 0 Å².